The number of nitrogens with zero attached hydrogens (tertiary/aromatic N) is 3. The summed E-state index contributed by atoms with van der Waals surface area (Å²) in [5, 5.41) is 3.33. The molecule has 1 N–H and O–H groups in total. The lowest BCUT2D eigenvalue weighted by atomic mass is 10.2. The molecule has 0 unspecified atom stereocenters. The summed E-state index contributed by atoms with van der Waals surface area (Å²) >= 11 is 0. The topological polar surface area (TPSA) is 68.7 Å². The van der Waals surface area contributed by atoms with Gasteiger partial charge in [-0.3, -0.25) is 0 Å². The van der Waals surface area contributed by atoms with E-state index in [0.29, 0.717) is 30.6 Å². The minimum atomic E-state index is 0.384. The Morgan fingerprint density at radius 1 is 1.04 bits per heavy atom. The number of nitrogens with one attached hydrogen (secondary N) is 1. The highest BCUT2D eigenvalue weighted by Gasteiger charge is 2.17. The molecule has 0 radical (unpaired) electrons. The Kier molecular flexibility index (Phi) is 5.90. The zero-order chi connectivity index (χ0) is 17.5. The van der Waals surface area contributed by atoms with Crippen LogP contribution < -0.4 is 24.4 Å². The van der Waals surface area contributed by atoms with E-state index in [-0.39, 0.29) is 0 Å². The van der Waals surface area contributed by atoms with Crippen molar-refractivity contribution in [3.63, 3.8) is 0 Å². The number of aryl methyl sites for hydroxylation is 1. The average molecular weight is 344 g/mol. The molecule has 7 nitrogen and oxygen atoms in total. The second-order valence-corrected chi connectivity index (χ2v) is 5.77. The minimum Gasteiger partial charge on any atom is -0.493 e. The van der Waals surface area contributed by atoms with Crippen LogP contribution >= 0.6 is 0 Å². The molecule has 0 spiro atoms. The van der Waals surface area contributed by atoms with Crippen molar-refractivity contribution in [3.05, 3.63) is 36.2 Å². The average Bonchev–Trinajstić information content (AvgIpc) is 2.66. The first-order valence-electron chi connectivity index (χ1n) is 8.45. The van der Waals surface area contributed by atoms with E-state index in [4.69, 9.17) is 14.2 Å². The van der Waals surface area contributed by atoms with E-state index in [0.717, 1.165) is 37.6 Å². The van der Waals surface area contributed by atoms with Crippen molar-refractivity contribution in [2.24, 2.45) is 0 Å². The van der Waals surface area contributed by atoms with Crippen LogP contribution in [-0.2, 0) is 0 Å². The summed E-state index contributed by atoms with van der Waals surface area (Å²) in [6.07, 6.45) is 3.34. The van der Waals surface area contributed by atoms with Crippen molar-refractivity contribution in [1.29, 1.82) is 0 Å². The first kappa shape index (κ1) is 17.3. The number of benzene rings is 1. The molecule has 1 fully saturated rings. The SMILES string of the molecule is COc1ccc(C)cc1OCCOc1nccnc1N1CCNCC1. The fourth-order valence-electron chi connectivity index (χ4n) is 2.70. The molecule has 1 aliphatic rings. The van der Waals surface area contributed by atoms with Gasteiger partial charge in [-0.1, -0.05) is 6.07 Å². The van der Waals surface area contributed by atoms with Crippen LogP contribution in [0.2, 0.25) is 0 Å². The second kappa shape index (κ2) is 8.53. The highest BCUT2D eigenvalue weighted by molar-refractivity contribution is 5.48. The lowest BCUT2D eigenvalue weighted by Crippen LogP contribution is -2.44. The molecule has 3 rings (SSSR count). The van der Waals surface area contributed by atoms with E-state index in [9.17, 15) is 0 Å². The van der Waals surface area contributed by atoms with Crippen LogP contribution in [0.5, 0.6) is 17.4 Å². The molecule has 2 heterocycles. The van der Waals surface area contributed by atoms with Gasteiger partial charge in [0.25, 0.3) is 5.88 Å². The Morgan fingerprint density at radius 3 is 2.60 bits per heavy atom. The van der Waals surface area contributed by atoms with Crippen molar-refractivity contribution in [2.45, 2.75) is 6.92 Å². The fraction of sp³-hybridized carbons (Fsp3) is 0.444. The number of piperazine rings is 1. The molecule has 2 aromatic rings. The predicted octanol–water partition coefficient (Wildman–Crippen LogP) is 1.66. The van der Waals surface area contributed by atoms with Gasteiger partial charge in [0, 0.05) is 38.6 Å². The quantitative estimate of drug-likeness (QED) is 0.766. The molecule has 0 atom stereocenters. The van der Waals surface area contributed by atoms with Gasteiger partial charge >= 0.3 is 0 Å². The van der Waals surface area contributed by atoms with Gasteiger partial charge in [-0.05, 0) is 24.6 Å². The van der Waals surface area contributed by atoms with Gasteiger partial charge in [0.05, 0.1) is 7.11 Å². The maximum Gasteiger partial charge on any atom is 0.257 e. The van der Waals surface area contributed by atoms with E-state index in [1.165, 1.54) is 0 Å². The summed E-state index contributed by atoms with van der Waals surface area (Å²) in [7, 11) is 1.63. The van der Waals surface area contributed by atoms with Gasteiger partial charge in [0.1, 0.15) is 13.2 Å². The lowest BCUT2D eigenvalue weighted by molar-refractivity contribution is 0.206. The summed E-state index contributed by atoms with van der Waals surface area (Å²) in [5.74, 6) is 2.76. The lowest BCUT2D eigenvalue weighted by Gasteiger charge is -2.28. The van der Waals surface area contributed by atoms with Gasteiger partial charge in [-0.2, -0.15) is 0 Å². The standard InChI is InChI=1S/C18H24N4O3/c1-14-3-4-15(23-2)16(13-14)24-11-12-25-18-17(20-5-6-21-18)22-9-7-19-8-10-22/h3-6,13,19H,7-12H2,1-2H3. The van der Waals surface area contributed by atoms with Gasteiger partial charge in [0.15, 0.2) is 17.3 Å². The summed E-state index contributed by atoms with van der Waals surface area (Å²) in [5.41, 5.74) is 1.12. The minimum absolute atomic E-state index is 0.384. The van der Waals surface area contributed by atoms with Crippen LogP contribution in [0.15, 0.2) is 30.6 Å². The van der Waals surface area contributed by atoms with Gasteiger partial charge < -0.3 is 24.4 Å². The van der Waals surface area contributed by atoms with Gasteiger partial charge in [-0.15, -0.1) is 0 Å². The monoisotopic (exact) mass is 344 g/mol. The number of methoxy groups -OCH3 is 1. The summed E-state index contributed by atoms with van der Waals surface area (Å²) in [4.78, 5) is 10.9. The first-order chi connectivity index (χ1) is 12.3. The molecule has 0 aliphatic carbocycles. The van der Waals surface area contributed by atoms with Crippen molar-refractivity contribution in [2.75, 3.05) is 51.4 Å². The van der Waals surface area contributed by atoms with Crippen molar-refractivity contribution >= 4 is 5.82 Å². The third kappa shape index (κ3) is 4.51. The largest absolute Gasteiger partial charge is 0.493 e. The van der Waals surface area contributed by atoms with E-state index in [1.54, 1.807) is 19.5 Å². The number of ether oxygens (including phenoxy) is 3. The van der Waals surface area contributed by atoms with Crippen LogP contribution in [-0.4, -0.2) is 56.5 Å². The van der Waals surface area contributed by atoms with E-state index in [1.807, 2.05) is 25.1 Å². The van der Waals surface area contributed by atoms with Crippen LogP contribution in [0.4, 0.5) is 5.82 Å². The molecule has 134 valence electrons. The Bertz CT molecular complexity index is 690. The molecule has 1 aliphatic heterocycles. The number of aromatic nitrogens is 2. The normalized spacial score (nSPS) is 14.2. The van der Waals surface area contributed by atoms with E-state index in [2.05, 4.69) is 20.2 Å². The molecule has 0 saturated carbocycles. The fourth-order valence-corrected chi connectivity index (χ4v) is 2.70. The maximum atomic E-state index is 5.81. The molecule has 7 heteroatoms. The Hall–Kier alpha value is -2.54. The van der Waals surface area contributed by atoms with E-state index >= 15 is 0 Å². The molecule has 1 saturated heterocycles. The number of anilines is 1. The second-order valence-electron chi connectivity index (χ2n) is 5.77. The zero-order valence-corrected chi connectivity index (χ0v) is 14.7. The van der Waals surface area contributed by atoms with Crippen molar-refractivity contribution in [3.8, 4) is 17.4 Å². The smallest absolute Gasteiger partial charge is 0.257 e. The summed E-state index contributed by atoms with van der Waals surface area (Å²) in [6, 6.07) is 5.84. The molecular weight excluding hydrogens is 320 g/mol. The molecule has 0 bridgehead atoms. The third-order valence-corrected chi connectivity index (χ3v) is 3.96. The van der Waals surface area contributed by atoms with Gasteiger partial charge in [0.2, 0.25) is 0 Å². The van der Waals surface area contributed by atoms with Crippen LogP contribution in [0, 0.1) is 6.92 Å². The number of hydrogen-bond donors (Lipinski definition) is 1. The predicted molar refractivity (Wildman–Crippen MR) is 95.8 cm³/mol. The Morgan fingerprint density at radius 2 is 1.80 bits per heavy atom. The number of rotatable bonds is 7. The van der Waals surface area contributed by atoms with Crippen molar-refractivity contribution in [1.82, 2.24) is 15.3 Å². The van der Waals surface area contributed by atoms with Crippen LogP contribution in [0.3, 0.4) is 0 Å². The Balaban J connectivity index is 1.57. The number of hydrogen-bond acceptors (Lipinski definition) is 7. The molecule has 25 heavy (non-hydrogen) atoms. The zero-order valence-electron chi connectivity index (χ0n) is 14.7. The highest BCUT2D eigenvalue weighted by atomic mass is 16.5. The third-order valence-electron chi connectivity index (χ3n) is 3.96. The highest BCUT2D eigenvalue weighted by Crippen LogP contribution is 2.28. The Labute approximate surface area is 147 Å². The van der Waals surface area contributed by atoms with Crippen LogP contribution in [0.25, 0.3) is 0 Å². The van der Waals surface area contributed by atoms with Crippen LogP contribution in [0.1, 0.15) is 5.56 Å². The summed E-state index contributed by atoms with van der Waals surface area (Å²) < 4.78 is 16.9. The molecule has 0 amide bonds. The van der Waals surface area contributed by atoms with Crippen molar-refractivity contribution < 1.29 is 14.2 Å². The molecule has 1 aromatic carbocycles. The van der Waals surface area contributed by atoms with E-state index < -0.39 is 0 Å². The van der Waals surface area contributed by atoms with Gasteiger partial charge in [-0.25, -0.2) is 9.97 Å². The summed E-state index contributed by atoms with van der Waals surface area (Å²) in [6.45, 7) is 6.46. The molecule has 1 aromatic heterocycles. The maximum absolute atomic E-state index is 5.81. The molecular formula is C18H24N4O3. The first-order valence-corrected chi connectivity index (χ1v) is 8.45.